The summed E-state index contributed by atoms with van der Waals surface area (Å²) in [4.78, 5) is 8.42. The summed E-state index contributed by atoms with van der Waals surface area (Å²) in [5.74, 6) is 0.371. The van der Waals surface area contributed by atoms with Crippen molar-refractivity contribution in [2.45, 2.75) is 20.0 Å². The Bertz CT molecular complexity index is 554. The van der Waals surface area contributed by atoms with E-state index in [0.29, 0.717) is 5.82 Å². The van der Waals surface area contributed by atoms with Gasteiger partial charge in [-0.2, -0.15) is 0 Å². The second-order valence-corrected chi connectivity index (χ2v) is 4.37. The molecule has 1 unspecified atom stereocenters. The van der Waals surface area contributed by atoms with Crippen molar-refractivity contribution < 1.29 is 5.11 Å². The Balaban J connectivity index is 2.47. The van der Waals surface area contributed by atoms with Crippen molar-refractivity contribution in [3.8, 4) is 11.3 Å². The summed E-state index contributed by atoms with van der Waals surface area (Å²) in [5.41, 5.74) is 9.61. The molecule has 4 heteroatoms. The molecule has 18 heavy (non-hydrogen) atoms. The molecule has 1 heterocycles. The molecular weight excluding hydrogens is 226 g/mol. The smallest absolute Gasteiger partial charge is 0.158 e. The second-order valence-electron chi connectivity index (χ2n) is 4.37. The predicted octanol–water partition coefficient (Wildman–Crippen LogP) is 1.75. The van der Waals surface area contributed by atoms with Crippen molar-refractivity contribution in [2.75, 3.05) is 6.54 Å². The molecule has 0 fully saturated rings. The summed E-state index contributed by atoms with van der Waals surface area (Å²) in [6.45, 7) is 4.20. The van der Waals surface area contributed by atoms with E-state index in [-0.39, 0.29) is 6.54 Å². The lowest BCUT2D eigenvalue weighted by molar-refractivity contribution is 0.176. The fourth-order valence-corrected chi connectivity index (χ4v) is 1.80. The van der Waals surface area contributed by atoms with Gasteiger partial charge in [0.2, 0.25) is 0 Å². The topological polar surface area (TPSA) is 72.0 Å². The minimum Gasteiger partial charge on any atom is -0.384 e. The van der Waals surface area contributed by atoms with Gasteiger partial charge in [-0.05, 0) is 31.5 Å². The van der Waals surface area contributed by atoms with Gasteiger partial charge in [-0.25, -0.2) is 9.97 Å². The fourth-order valence-electron chi connectivity index (χ4n) is 1.80. The van der Waals surface area contributed by atoms with Crippen molar-refractivity contribution >= 4 is 0 Å². The fraction of sp³-hybridized carbons (Fsp3) is 0.286. The summed E-state index contributed by atoms with van der Waals surface area (Å²) < 4.78 is 0. The molecule has 0 aliphatic carbocycles. The number of nitrogens with zero attached hydrogens (tertiary/aromatic N) is 2. The molecule has 0 bridgehead atoms. The lowest BCUT2D eigenvalue weighted by Gasteiger charge is -2.10. The summed E-state index contributed by atoms with van der Waals surface area (Å²) in [5, 5.41) is 9.67. The number of aliphatic hydroxyl groups excluding tert-OH is 1. The first-order chi connectivity index (χ1) is 8.61. The van der Waals surface area contributed by atoms with Crippen molar-refractivity contribution in [2.24, 2.45) is 5.73 Å². The van der Waals surface area contributed by atoms with Crippen LogP contribution in [0.25, 0.3) is 11.3 Å². The van der Waals surface area contributed by atoms with Gasteiger partial charge in [0, 0.05) is 18.3 Å². The van der Waals surface area contributed by atoms with E-state index in [1.807, 2.05) is 19.9 Å². The molecule has 2 rings (SSSR count). The third kappa shape index (κ3) is 2.55. The van der Waals surface area contributed by atoms with Crippen LogP contribution in [-0.4, -0.2) is 21.6 Å². The Morgan fingerprint density at radius 1 is 1.28 bits per heavy atom. The van der Waals surface area contributed by atoms with E-state index in [9.17, 15) is 5.11 Å². The molecule has 0 radical (unpaired) electrons. The van der Waals surface area contributed by atoms with Crippen LogP contribution in [0.15, 0.2) is 30.5 Å². The van der Waals surface area contributed by atoms with Crippen LogP contribution in [-0.2, 0) is 0 Å². The van der Waals surface area contributed by atoms with Gasteiger partial charge in [-0.3, -0.25) is 0 Å². The zero-order chi connectivity index (χ0) is 13.1. The molecule has 0 aliphatic heterocycles. The van der Waals surface area contributed by atoms with Crippen molar-refractivity contribution in [3.05, 3.63) is 47.4 Å². The summed E-state index contributed by atoms with van der Waals surface area (Å²) in [6, 6.07) is 8.05. The highest BCUT2D eigenvalue weighted by molar-refractivity contribution is 5.64. The molecule has 2 aromatic rings. The van der Waals surface area contributed by atoms with E-state index >= 15 is 0 Å². The van der Waals surface area contributed by atoms with Crippen molar-refractivity contribution in [1.82, 2.24) is 9.97 Å². The van der Waals surface area contributed by atoms with Gasteiger partial charge in [0.05, 0.1) is 5.69 Å². The Labute approximate surface area is 107 Å². The standard InChI is InChI=1S/C14H17N3O/c1-9-3-4-10(2)11(7-9)12-5-6-16-14(17-12)13(18)8-15/h3-7,13,18H,8,15H2,1-2H3. The van der Waals surface area contributed by atoms with Gasteiger partial charge >= 0.3 is 0 Å². The first-order valence-corrected chi connectivity index (χ1v) is 5.90. The Morgan fingerprint density at radius 3 is 2.78 bits per heavy atom. The molecule has 94 valence electrons. The molecule has 3 N–H and O–H groups in total. The van der Waals surface area contributed by atoms with Crippen LogP contribution >= 0.6 is 0 Å². The zero-order valence-electron chi connectivity index (χ0n) is 10.6. The maximum Gasteiger partial charge on any atom is 0.158 e. The number of rotatable bonds is 3. The van der Waals surface area contributed by atoms with Crippen molar-refractivity contribution in [3.63, 3.8) is 0 Å². The van der Waals surface area contributed by atoms with Gasteiger partial charge in [0.25, 0.3) is 0 Å². The number of hydrogen-bond acceptors (Lipinski definition) is 4. The number of aromatic nitrogens is 2. The summed E-state index contributed by atoms with van der Waals surface area (Å²) >= 11 is 0. The largest absolute Gasteiger partial charge is 0.384 e. The van der Waals surface area contributed by atoms with E-state index in [1.165, 1.54) is 5.56 Å². The van der Waals surface area contributed by atoms with Crippen LogP contribution in [0.3, 0.4) is 0 Å². The Hall–Kier alpha value is -1.78. The number of benzene rings is 1. The van der Waals surface area contributed by atoms with Gasteiger partial charge in [0.15, 0.2) is 5.82 Å². The van der Waals surface area contributed by atoms with Crippen LogP contribution in [0.1, 0.15) is 23.1 Å². The number of aliphatic hydroxyl groups is 1. The minimum absolute atomic E-state index is 0.121. The number of nitrogens with two attached hydrogens (primary N) is 1. The van der Waals surface area contributed by atoms with E-state index in [1.54, 1.807) is 6.20 Å². The maximum atomic E-state index is 9.67. The van der Waals surface area contributed by atoms with Gasteiger partial charge in [-0.1, -0.05) is 17.7 Å². The zero-order valence-corrected chi connectivity index (χ0v) is 10.6. The molecule has 1 aromatic carbocycles. The molecular formula is C14H17N3O. The highest BCUT2D eigenvalue weighted by atomic mass is 16.3. The molecule has 4 nitrogen and oxygen atoms in total. The van der Waals surface area contributed by atoms with Gasteiger partial charge in [0.1, 0.15) is 6.10 Å². The average molecular weight is 243 g/mol. The number of aryl methyl sites for hydroxylation is 2. The third-order valence-electron chi connectivity index (χ3n) is 2.86. The quantitative estimate of drug-likeness (QED) is 0.861. The van der Waals surface area contributed by atoms with Crippen LogP contribution < -0.4 is 5.73 Å². The summed E-state index contributed by atoms with van der Waals surface area (Å²) in [7, 11) is 0. The van der Waals surface area contributed by atoms with E-state index in [4.69, 9.17) is 5.73 Å². The SMILES string of the molecule is Cc1ccc(C)c(-c2ccnc(C(O)CN)n2)c1. The Kier molecular flexibility index (Phi) is 3.69. The molecule has 0 amide bonds. The monoisotopic (exact) mass is 243 g/mol. The van der Waals surface area contributed by atoms with Crippen LogP contribution in [0, 0.1) is 13.8 Å². The minimum atomic E-state index is -0.810. The molecule has 0 spiro atoms. The van der Waals surface area contributed by atoms with Crippen molar-refractivity contribution in [1.29, 1.82) is 0 Å². The van der Waals surface area contributed by atoms with E-state index < -0.39 is 6.10 Å². The highest BCUT2D eigenvalue weighted by Crippen LogP contribution is 2.23. The lowest BCUT2D eigenvalue weighted by Crippen LogP contribution is -2.14. The summed E-state index contributed by atoms with van der Waals surface area (Å²) in [6.07, 6.45) is 0.841. The lowest BCUT2D eigenvalue weighted by atomic mass is 10.0. The van der Waals surface area contributed by atoms with Gasteiger partial charge in [-0.15, -0.1) is 0 Å². The van der Waals surface area contributed by atoms with E-state index in [2.05, 4.69) is 28.2 Å². The molecule has 1 atom stereocenters. The molecule has 0 aliphatic rings. The number of hydrogen-bond donors (Lipinski definition) is 2. The molecule has 1 aromatic heterocycles. The molecule has 0 saturated carbocycles. The average Bonchev–Trinajstić information content (AvgIpc) is 2.40. The predicted molar refractivity (Wildman–Crippen MR) is 71.0 cm³/mol. The first-order valence-electron chi connectivity index (χ1n) is 5.90. The van der Waals surface area contributed by atoms with Crippen LogP contribution in [0.5, 0.6) is 0 Å². The first kappa shape index (κ1) is 12.7. The Morgan fingerprint density at radius 2 is 2.06 bits per heavy atom. The maximum absolute atomic E-state index is 9.67. The molecule has 0 saturated heterocycles. The van der Waals surface area contributed by atoms with Crippen LogP contribution in [0.4, 0.5) is 0 Å². The highest BCUT2D eigenvalue weighted by Gasteiger charge is 2.11. The van der Waals surface area contributed by atoms with Gasteiger partial charge < -0.3 is 10.8 Å². The normalized spacial score (nSPS) is 12.4. The van der Waals surface area contributed by atoms with Crippen LogP contribution in [0.2, 0.25) is 0 Å². The third-order valence-corrected chi connectivity index (χ3v) is 2.86. The second kappa shape index (κ2) is 5.25. The van der Waals surface area contributed by atoms with E-state index in [0.717, 1.165) is 16.8 Å².